The third-order valence-corrected chi connectivity index (χ3v) is 4.86. The zero-order valence-corrected chi connectivity index (χ0v) is 10.9. The highest BCUT2D eigenvalue weighted by atomic mass is 79.9. The molecule has 16 heavy (non-hydrogen) atoms. The number of hydrogen-bond acceptors (Lipinski definition) is 3. The Morgan fingerprint density at radius 1 is 1.44 bits per heavy atom. The van der Waals surface area contributed by atoms with Crippen LogP contribution in [0.25, 0.3) is 0 Å². The van der Waals surface area contributed by atoms with Crippen LogP contribution in [0.2, 0.25) is 0 Å². The second-order valence-corrected chi connectivity index (χ2v) is 6.36. The van der Waals surface area contributed by atoms with E-state index in [4.69, 9.17) is 5.11 Å². The molecular weight excluding hydrogens is 294 g/mol. The third-order valence-electron chi connectivity index (χ3n) is 2.37. The molecule has 0 spiro atoms. The van der Waals surface area contributed by atoms with Crippen molar-refractivity contribution in [2.24, 2.45) is 0 Å². The van der Waals surface area contributed by atoms with Crippen molar-refractivity contribution in [2.75, 3.05) is 0 Å². The number of benzene rings is 1. The van der Waals surface area contributed by atoms with E-state index in [1.165, 1.54) is 6.07 Å². The molecule has 0 atom stereocenters. The van der Waals surface area contributed by atoms with E-state index in [1.54, 1.807) is 12.1 Å². The van der Waals surface area contributed by atoms with E-state index in [-0.39, 0.29) is 17.5 Å². The van der Waals surface area contributed by atoms with E-state index in [0.29, 0.717) is 10.0 Å². The molecule has 0 radical (unpaired) electrons. The van der Waals surface area contributed by atoms with Gasteiger partial charge >= 0.3 is 0 Å². The summed E-state index contributed by atoms with van der Waals surface area (Å²) in [5, 5.41) is 8.93. The van der Waals surface area contributed by atoms with Crippen LogP contribution in [0.4, 0.5) is 0 Å². The molecule has 0 bridgehead atoms. The Morgan fingerprint density at radius 3 is 2.62 bits per heavy atom. The van der Waals surface area contributed by atoms with Gasteiger partial charge in [-0.15, -0.1) is 0 Å². The number of hydrogen-bond donors (Lipinski definition) is 2. The number of rotatable bonds is 4. The minimum Gasteiger partial charge on any atom is -0.392 e. The number of sulfonamides is 1. The van der Waals surface area contributed by atoms with Gasteiger partial charge in [-0.25, -0.2) is 13.1 Å². The summed E-state index contributed by atoms with van der Waals surface area (Å²) in [5.41, 5.74) is 0.678. The second kappa shape index (κ2) is 4.44. The van der Waals surface area contributed by atoms with Crippen molar-refractivity contribution in [3.63, 3.8) is 0 Å². The summed E-state index contributed by atoms with van der Waals surface area (Å²) < 4.78 is 26.9. The molecular formula is C10H12BrNO3S. The van der Waals surface area contributed by atoms with Gasteiger partial charge in [-0.05, 0) is 46.5 Å². The Morgan fingerprint density at radius 2 is 2.12 bits per heavy atom. The Hall–Kier alpha value is -0.430. The van der Waals surface area contributed by atoms with Crippen LogP contribution in [0.1, 0.15) is 18.4 Å². The molecule has 0 heterocycles. The summed E-state index contributed by atoms with van der Waals surface area (Å²) in [4.78, 5) is 0.219. The maximum absolute atomic E-state index is 11.9. The van der Waals surface area contributed by atoms with Crippen molar-refractivity contribution in [3.05, 3.63) is 28.2 Å². The van der Waals surface area contributed by atoms with E-state index in [1.807, 2.05) is 0 Å². The molecule has 1 aliphatic carbocycles. The van der Waals surface area contributed by atoms with Gasteiger partial charge in [0, 0.05) is 10.5 Å². The van der Waals surface area contributed by atoms with E-state index in [2.05, 4.69) is 20.7 Å². The van der Waals surface area contributed by atoms with E-state index in [0.717, 1.165) is 12.8 Å². The molecule has 4 nitrogen and oxygen atoms in total. The number of halogens is 1. The zero-order chi connectivity index (χ0) is 11.8. The topological polar surface area (TPSA) is 66.4 Å². The third kappa shape index (κ3) is 2.63. The second-order valence-electron chi connectivity index (χ2n) is 3.82. The van der Waals surface area contributed by atoms with Gasteiger partial charge in [-0.2, -0.15) is 0 Å². The van der Waals surface area contributed by atoms with Gasteiger partial charge in [-0.1, -0.05) is 6.07 Å². The fourth-order valence-electron chi connectivity index (χ4n) is 1.34. The Bertz CT molecular complexity index is 497. The molecule has 6 heteroatoms. The molecule has 1 saturated carbocycles. The van der Waals surface area contributed by atoms with Gasteiger partial charge in [0.1, 0.15) is 0 Å². The first-order valence-corrected chi connectivity index (χ1v) is 7.22. The van der Waals surface area contributed by atoms with Crippen LogP contribution in [0.15, 0.2) is 27.6 Å². The normalized spacial score (nSPS) is 16.4. The van der Waals surface area contributed by atoms with Crippen LogP contribution in [-0.2, 0) is 16.6 Å². The quantitative estimate of drug-likeness (QED) is 0.883. The molecule has 0 unspecified atom stereocenters. The lowest BCUT2D eigenvalue weighted by Gasteiger charge is -2.08. The van der Waals surface area contributed by atoms with Crippen LogP contribution in [0.5, 0.6) is 0 Å². The molecule has 2 rings (SSSR count). The molecule has 2 N–H and O–H groups in total. The molecule has 0 aromatic heterocycles. The molecule has 88 valence electrons. The Kier molecular flexibility index (Phi) is 3.34. The monoisotopic (exact) mass is 305 g/mol. The van der Waals surface area contributed by atoms with Crippen molar-refractivity contribution >= 4 is 26.0 Å². The summed E-state index contributed by atoms with van der Waals surface area (Å²) in [6.07, 6.45) is 1.82. The fraction of sp³-hybridized carbons (Fsp3) is 0.400. The highest BCUT2D eigenvalue weighted by molar-refractivity contribution is 9.10. The predicted octanol–water partition coefficient (Wildman–Crippen LogP) is 1.38. The van der Waals surface area contributed by atoms with Gasteiger partial charge in [0.25, 0.3) is 0 Å². The molecule has 1 aliphatic rings. The summed E-state index contributed by atoms with van der Waals surface area (Å²) in [6, 6.07) is 4.81. The minimum absolute atomic E-state index is 0.0921. The van der Waals surface area contributed by atoms with Gasteiger partial charge in [0.15, 0.2) is 0 Å². The summed E-state index contributed by atoms with van der Waals surface area (Å²) in [5.74, 6) is 0. The number of nitrogens with one attached hydrogen (secondary N) is 1. The van der Waals surface area contributed by atoms with Crippen molar-refractivity contribution in [1.29, 1.82) is 0 Å². The maximum Gasteiger partial charge on any atom is 0.241 e. The van der Waals surface area contributed by atoms with Gasteiger partial charge in [-0.3, -0.25) is 0 Å². The lowest BCUT2D eigenvalue weighted by atomic mass is 10.2. The van der Waals surface area contributed by atoms with Crippen LogP contribution in [0.3, 0.4) is 0 Å². The van der Waals surface area contributed by atoms with E-state index >= 15 is 0 Å². The average molecular weight is 306 g/mol. The highest BCUT2D eigenvalue weighted by Gasteiger charge is 2.28. The zero-order valence-electron chi connectivity index (χ0n) is 8.48. The van der Waals surface area contributed by atoms with Gasteiger partial charge in [0.05, 0.1) is 11.5 Å². The van der Waals surface area contributed by atoms with Crippen molar-refractivity contribution in [3.8, 4) is 0 Å². The summed E-state index contributed by atoms with van der Waals surface area (Å²) >= 11 is 3.20. The van der Waals surface area contributed by atoms with Crippen molar-refractivity contribution < 1.29 is 13.5 Å². The smallest absolute Gasteiger partial charge is 0.241 e. The first-order chi connectivity index (χ1) is 7.53. The molecule has 1 aromatic carbocycles. The highest BCUT2D eigenvalue weighted by Crippen LogP contribution is 2.26. The Labute approximate surface area is 103 Å². The van der Waals surface area contributed by atoms with Crippen molar-refractivity contribution in [1.82, 2.24) is 4.72 Å². The molecule has 1 fully saturated rings. The predicted molar refractivity (Wildman–Crippen MR) is 63.4 cm³/mol. The summed E-state index contributed by atoms with van der Waals surface area (Å²) in [7, 11) is -3.43. The van der Waals surface area contributed by atoms with Gasteiger partial charge < -0.3 is 5.11 Å². The van der Waals surface area contributed by atoms with Crippen LogP contribution in [0, 0.1) is 0 Å². The van der Waals surface area contributed by atoms with Crippen LogP contribution >= 0.6 is 15.9 Å². The van der Waals surface area contributed by atoms with Crippen LogP contribution < -0.4 is 4.72 Å². The maximum atomic E-state index is 11.9. The first-order valence-electron chi connectivity index (χ1n) is 4.94. The fourth-order valence-corrected chi connectivity index (χ4v) is 3.77. The Balaban J connectivity index is 2.31. The lowest BCUT2D eigenvalue weighted by Crippen LogP contribution is -2.26. The molecule has 1 aromatic rings. The van der Waals surface area contributed by atoms with Gasteiger partial charge in [0.2, 0.25) is 10.0 Å². The molecule has 0 amide bonds. The number of aliphatic hydroxyl groups excluding tert-OH is 1. The average Bonchev–Trinajstić information content (AvgIpc) is 3.00. The number of aliphatic hydroxyl groups is 1. The first kappa shape index (κ1) is 12.0. The standard InChI is InChI=1S/C10H12BrNO3S/c11-9-5-7(6-13)1-4-10(9)16(14,15)12-8-2-3-8/h1,4-5,8,12-13H,2-3,6H2. The molecule has 0 aliphatic heterocycles. The molecule has 0 saturated heterocycles. The minimum atomic E-state index is -3.43. The van der Waals surface area contributed by atoms with E-state index in [9.17, 15) is 8.42 Å². The lowest BCUT2D eigenvalue weighted by molar-refractivity contribution is 0.281. The largest absolute Gasteiger partial charge is 0.392 e. The van der Waals surface area contributed by atoms with Crippen LogP contribution in [-0.4, -0.2) is 19.6 Å². The van der Waals surface area contributed by atoms with E-state index < -0.39 is 10.0 Å². The van der Waals surface area contributed by atoms with Crippen molar-refractivity contribution in [2.45, 2.75) is 30.4 Å². The summed E-state index contributed by atoms with van der Waals surface area (Å²) in [6.45, 7) is -0.102. The SMILES string of the molecule is O=S(=O)(NC1CC1)c1ccc(CO)cc1Br.